The van der Waals surface area contributed by atoms with Gasteiger partial charge in [-0.2, -0.15) is 0 Å². The van der Waals surface area contributed by atoms with Crippen LogP contribution >= 0.6 is 0 Å². The molecule has 2 heterocycles. The van der Waals surface area contributed by atoms with Crippen molar-refractivity contribution in [3.8, 4) is 11.6 Å². The molecule has 1 aromatic carbocycles. The number of hydrogen-bond donors (Lipinski definition) is 1. The molecule has 7 heteroatoms. The Morgan fingerprint density at radius 2 is 2.16 bits per heavy atom. The molecule has 1 aliphatic rings. The number of benzene rings is 1. The van der Waals surface area contributed by atoms with E-state index in [1.807, 2.05) is 0 Å². The number of halogens is 1. The van der Waals surface area contributed by atoms with Gasteiger partial charge in [0.05, 0.1) is 19.8 Å². The van der Waals surface area contributed by atoms with E-state index in [0.717, 1.165) is 6.42 Å². The van der Waals surface area contributed by atoms with Crippen LogP contribution in [-0.4, -0.2) is 43.4 Å². The second-order valence-electron chi connectivity index (χ2n) is 5.54. The van der Waals surface area contributed by atoms with Gasteiger partial charge in [0.25, 0.3) is 5.91 Å². The van der Waals surface area contributed by atoms with E-state index >= 15 is 0 Å². The number of aromatic nitrogens is 1. The van der Waals surface area contributed by atoms with Gasteiger partial charge in [0.2, 0.25) is 5.88 Å². The molecule has 1 atom stereocenters. The van der Waals surface area contributed by atoms with Crippen LogP contribution in [0.15, 0.2) is 42.6 Å². The SMILES string of the molecule is O=C(NCCOc1ccc(F)cc1)c1ccnc(OC2CCOC2)c1. The maximum absolute atomic E-state index is 12.8. The molecule has 0 aliphatic carbocycles. The molecular formula is C18H19FN2O4. The third kappa shape index (κ3) is 5.15. The van der Waals surface area contributed by atoms with Crippen molar-refractivity contribution in [1.82, 2.24) is 10.3 Å². The minimum Gasteiger partial charge on any atom is -0.492 e. The van der Waals surface area contributed by atoms with Crippen LogP contribution < -0.4 is 14.8 Å². The number of nitrogens with one attached hydrogen (secondary N) is 1. The lowest BCUT2D eigenvalue weighted by Crippen LogP contribution is -2.28. The van der Waals surface area contributed by atoms with Gasteiger partial charge in [-0.15, -0.1) is 0 Å². The second-order valence-corrected chi connectivity index (χ2v) is 5.54. The first-order valence-corrected chi connectivity index (χ1v) is 8.08. The molecular weight excluding hydrogens is 327 g/mol. The maximum Gasteiger partial charge on any atom is 0.251 e. The van der Waals surface area contributed by atoms with E-state index < -0.39 is 0 Å². The van der Waals surface area contributed by atoms with Gasteiger partial charge in [-0.05, 0) is 30.3 Å². The van der Waals surface area contributed by atoms with Crippen molar-refractivity contribution < 1.29 is 23.4 Å². The van der Waals surface area contributed by atoms with Crippen LogP contribution in [0.5, 0.6) is 11.6 Å². The average Bonchev–Trinajstić information content (AvgIpc) is 3.13. The lowest BCUT2D eigenvalue weighted by Gasteiger charge is -2.12. The molecule has 3 rings (SSSR count). The molecule has 1 N–H and O–H groups in total. The van der Waals surface area contributed by atoms with Crippen LogP contribution in [0.4, 0.5) is 4.39 Å². The molecule has 1 aliphatic heterocycles. The first-order chi connectivity index (χ1) is 12.2. The van der Waals surface area contributed by atoms with Crippen LogP contribution in [-0.2, 0) is 4.74 Å². The Balaban J connectivity index is 1.45. The highest BCUT2D eigenvalue weighted by molar-refractivity contribution is 5.94. The van der Waals surface area contributed by atoms with Crippen molar-refractivity contribution in [3.05, 3.63) is 54.0 Å². The molecule has 0 spiro atoms. The molecule has 0 radical (unpaired) electrons. The fourth-order valence-electron chi connectivity index (χ4n) is 2.36. The lowest BCUT2D eigenvalue weighted by molar-refractivity contribution is 0.0945. The summed E-state index contributed by atoms with van der Waals surface area (Å²) >= 11 is 0. The Bertz CT molecular complexity index is 702. The fourth-order valence-corrected chi connectivity index (χ4v) is 2.36. The molecule has 1 fully saturated rings. The van der Waals surface area contributed by atoms with Crippen molar-refractivity contribution in [1.29, 1.82) is 0 Å². The first kappa shape index (κ1) is 17.2. The summed E-state index contributed by atoms with van der Waals surface area (Å²) < 4.78 is 29.2. The van der Waals surface area contributed by atoms with Gasteiger partial charge in [0, 0.05) is 24.2 Å². The maximum atomic E-state index is 12.8. The molecule has 0 saturated carbocycles. The summed E-state index contributed by atoms with van der Waals surface area (Å²) in [6, 6.07) is 8.94. The van der Waals surface area contributed by atoms with Crippen molar-refractivity contribution in [2.24, 2.45) is 0 Å². The number of nitrogens with zero attached hydrogens (tertiary/aromatic N) is 1. The first-order valence-electron chi connectivity index (χ1n) is 8.08. The fraction of sp³-hybridized carbons (Fsp3) is 0.333. The lowest BCUT2D eigenvalue weighted by atomic mass is 10.2. The summed E-state index contributed by atoms with van der Waals surface area (Å²) in [6.07, 6.45) is 2.34. The van der Waals surface area contributed by atoms with Gasteiger partial charge >= 0.3 is 0 Å². The van der Waals surface area contributed by atoms with Crippen LogP contribution in [0, 0.1) is 5.82 Å². The van der Waals surface area contributed by atoms with Crippen LogP contribution in [0.1, 0.15) is 16.8 Å². The van der Waals surface area contributed by atoms with E-state index in [-0.39, 0.29) is 24.4 Å². The number of hydrogen-bond acceptors (Lipinski definition) is 5. The summed E-state index contributed by atoms with van der Waals surface area (Å²) in [6.45, 7) is 1.83. The summed E-state index contributed by atoms with van der Waals surface area (Å²) in [5, 5.41) is 2.76. The Labute approximate surface area is 144 Å². The topological polar surface area (TPSA) is 69.7 Å². The van der Waals surface area contributed by atoms with Crippen molar-refractivity contribution in [2.45, 2.75) is 12.5 Å². The van der Waals surface area contributed by atoms with Crippen molar-refractivity contribution in [2.75, 3.05) is 26.4 Å². The van der Waals surface area contributed by atoms with Crippen LogP contribution in [0.3, 0.4) is 0 Å². The summed E-state index contributed by atoms with van der Waals surface area (Å²) in [7, 11) is 0. The number of rotatable bonds is 7. The van der Waals surface area contributed by atoms with Crippen molar-refractivity contribution in [3.63, 3.8) is 0 Å². The summed E-state index contributed by atoms with van der Waals surface area (Å²) in [5.74, 6) is 0.401. The highest BCUT2D eigenvalue weighted by Gasteiger charge is 2.18. The smallest absolute Gasteiger partial charge is 0.251 e. The zero-order chi connectivity index (χ0) is 17.5. The normalized spacial score (nSPS) is 16.4. The highest BCUT2D eigenvalue weighted by Crippen LogP contribution is 2.15. The third-order valence-corrected chi connectivity index (χ3v) is 3.64. The molecule has 25 heavy (non-hydrogen) atoms. The van der Waals surface area contributed by atoms with E-state index in [4.69, 9.17) is 14.2 Å². The van der Waals surface area contributed by atoms with Crippen LogP contribution in [0.2, 0.25) is 0 Å². The number of carbonyl (C=O) groups is 1. The van der Waals surface area contributed by atoms with Gasteiger partial charge in [-0.25, -0.2) is 9.37 Å². The van der Waals surface area contributed by atoms with Gasteiger partial charge < -0.3 is 19.5 Å². The summed E-state index contributed by atoms with van der Waals surface area (Å²) in [5.41, 5.74) is 0.464. The number of amides is 1. The predicted octanol–water partition coefficient (Wildman–Crippen LogP) is 2.20. The zero-order valence-corrected chi connectivity index (χ0v) is 13.6. The molecule has 6 nitrogen and oxygen atoms in total. The Hall–Kier alpha value is -2.67. The molecule has 1 unspecified atom stereocenters. The molecule has 0 bridgehead atoms. The highest BCUT2D eigenvalue weighted by atomic mass is 19.1. The van der Waals surface area contributed by atoms with Gasteiger partial charge in [-0.3, -0.25) is 4.79 Å². The van der Waals surface area contributed by atoms with Gasteiger partial charge in [-0.1, -0.05) is 0 Å². The van der Waals surface area contributed by atoms with E-state index in [1.165, 1.54) is 30.5 Å². The molecule has 132 valence electrons. The van der Waals surface area contributed by atoms with E-state index in [1.54, 1.807) is 12.1 Å². The minimum atomic E-state index is -0.319. The summed E-state index contributed by atoms with van der Waals surface area (Å²) in [4.78, 5) is 16.3. The standard InChI is InChI=1S/C18H19FN2O4/c19-14-1-3-15(4-2-14)24-10-8-21-18(22)13-5-7-20-17(11-13)25-16-6-9-23-12-16/h1-5,7,11,16H,6,8-10,12H2,(H,21,22). The monoisotopic (exact) mass is 346 g/mol. The number of ether oxygens (including phenoxy) is 3. The minimum absolute atomic E-state index is 0.0186. The zero-order valence-electron chi connectivity index (χ0n) is 13.6. The number of carbonyl (C=O) groups excluding carboxylic acids is 1. The van der Waals surface area contributed by atoms with E-state index in [0.29, 0.717) is 37.0 Å². The Morgan fingerprint density at radius 1 is 1.32 bits per heavy atom. The van der Waals surface area contributed by atoms with E-state index in [9.17, 15) is 9.18 Å². The molecule has 1 saturated heterocycles. The average molecular weight is 346 g/mol. The van der Waals surface area contributed by atoms with Gasteiger partial charge in [0.15, 0.2) is 0 Å². The largest absolute Gasteiger partial charge is 0.492 e. The van der Waals surface area contributed by atoms with E-state index in [2.05, 4.69) is 10.3 Å². The predicted molar refractivity (Wildman–Crippen MR) is 88.3 cm³/mol. The molecule has 1 amide bonds. The van der Waals surface area contributed by atoms with Crippen molar-refractivity contribution >= 4 is 5.91 Å². The Kier molecular flexibility index (Phi) is 5.79. The molecule has 1 aromatic heterocycles. The van der Waals surface area contributed by atoms with Gasteiger partial charge in [0.1, 0.15) is 24.3 Å². The Morgan fingerprint density at radius 3 is 2.92 bits per heavy atom. The number of pyridine rings is 1. The third-order valence-electron chi connectivity index (χ3n) is 3.64. The second kappa shape index (κ2) is 8.43. The van der Waals surface area contributed by atoms with Crippen LogP contribution in [0.25, 0.3) is 0 Å². The molecule has 2 aromatic rings. The quantitative estimate of drug-likeness (QED) is 0.779.